The zero-order chi connectivity index (χ0) is 22.0. The van der Waals surface area contributed by atoms with Crippen molar-refractivity contribution in [2.24, 2.45) is 5.92 Å². The lowest BCUT2D eigenvalue weighted by Crippen LogP contribution is -2.41. The minimum atomic E-state index is 0.0221. The third-order valence-corrected chi connectivity index (χ3v) is 6.03. The Labute approximate surface area is 182 Å². The fourth-order valence-electron chi connectivity index (χ4n) is 4.24. The van der Waals surface area contributed by atoms with E-state index in [0.717, 1.165) is 59.7 Å². The number of piperidine rings is 1. The second-order valence-electron chi connectivity index (χ2n) is 8.21. The van der Waals surface area contributed by atoms with E-state index in [1.54, 1.807) is 7.11 Å². The van der Waals surface area contributed by atoms with E-state index in [-0.39, 0.29) is 11.8 Å². The van der Waals surface area contributed by atoms with Crippen LogP contribution in [0.3, 0.4) is 0 Å². The zero-order valence-electron chi connectivity index (χ0n) is 18.7. The number of anilines is 1. The van der Waals surface area contributed by atoms with E-state index in [2.05, 4.69) is 58.5 Å². The first-order valence-corrected chi connectivity index (χ1v) is 10.8. The van der Waals surface area contributed by atoms with E-state index in [0.29, 0.717) is 13.2 Å². The van der Waals surface area contributed by atoms with E-state index >= 15 is 0 Å². The smallest absolute Gasteiger partial charge is 0.223 e. The predicted octanol–water partition coefficient (Wildman–Crippen LogP) is 2.72. The number of carbonyl (C=O) groups excluding carboxylic acids is 1. The molecule has 0 atom stereocenters. The van der Waals surface area contributed by atoms with Crippen LogP contribution in [0.25, 0.3) is 16.6 Å². The van der Waals surface area contributed by atoms with Crippen LogP contribution in [0.5, 0.6) is 0 Å². The Hall–Kier alpha value is -3.00. The molecule has 0 saturated carbocycles. The zero-order valence-corrected chi connectivity index (χ0v) is 18.7. The summed E-state index contributed by atoms with van der Waals surface area (Å²) in [4.78, 5) is 14.6. The van der Waals surface area contributed by atoms with E-state index in [1.807, 2.05) is 11.6 Å². The Bertz CT molecular complexity index is 1070. The molecular weight excluding hydrogens is 392 g/mol. The highest BCUT2D eigenvalue weighted by Crippen LogP contribution is 2.31. The Kier molecular flexibility index (Phi) is 6.18. The van der Waals surface area contributed by atoms with Gasteiger partial charge in [0.15, 0.2) is 5.82 Å². The van der Waals surface area contributed by atoms with Gasteiger partial charge >= 0.3 is 0 Å². The Balaban J connectivity index is 1.58. The molecule has 3 aromatic rings. The molecule has 1 amide bonds. The van der Waals surface area contributed by atoms with Gasteiger partial charge in [-0.2, -0.15) is 10.2 Å². The van der Waals surface area contributed by atoms with E-state index in [9.17, 15) is 4.79 Å². The maximum absolute atomic E-state index is 12.4. The van der Waals surface area contributed by atoms with Gasteiger partial charge in [-0.3, -0.25) is 4.79 Å². The number of rotatable bonds is 6. The number of fused-ring (bicyclic) bond motifs is 1. The molecule has 1 N–H and O–H groups in total. The normalized spacial score (nSPS) is 14.9. The minimum absolute atomic E-state index is 0.0221. The molecule has 4 rings (SSSR count). The summed E-state index contributed by atoms with van der Waals surface area (Å²) >= 11 is 0. The summed E-state index contributed by atoms with van der Waals surface area (Å²) in [5.41, 5.74) is 5.04. The van der Waals surface area contributed by atoms with Crippen molar-refractivity contribution in [1.29, 1.82) is 0 Å². The fraction of sp³-hybridized carbons (Fsp3) is 0.478. The number of methoxy groups -OCH3 is 1. The van der Waals surface area contributed by atoms with Crippen LogP contribution in [-0.4, -0.2) is 59.2 Å². The van der Waals surface area contributed by atoms with Gasteiger partial charge in [-0.25, -0.2) is 4.68 Å². The van der Waals surface area contributed by atoms with Crippen LogP contribution in [0.4, 0.5) is 5.82 Å². The molecule has 0 radical (unpaired) electrons. The molecule has 8 heteroatoms. The van der Waals surface area contributed by atoms with Gasteiger partial charge in [-0.15, -0.1) is 5.10 Å². The number of nitrogens with zero attached hydrogens (tertiary/aromatic N) is 5. The molecule has 0 aliphatic carbocycles. The summed E-state index contributed by atoms with van der Waals surface area (Å²) in [5, 5.41) is 17.9. The molecule has 3 heterocycles. The number of nitrogens with one attached hydrogen (secondary N) is 1. The highest BCUT2D eigenvalue weighted by atomic mass is 16.5. The molecule has 31 heavy (non-hydrogen) atoms. The number of aryl methyl sites for hydroxylation is 3. The van der Waals surface area contributed by atoms with Crippen molar-refractivity contribution in [3.8, 4) is 5.69 Å². The summed E-state index contributed by atoms with van der Waals surface area (Å²) in [6.45, 7) is 8.72. The topological polar surface area (TPSA) is 85.2 Å². The summed E-state index contributed by atoms with van der Waals surface area (Å²) in [5.74, 6) is 0.929. The number of hydrogen-bond donors (Lipinski definition) is 1. The number of amides is 1. The lowest BCUT2D eigenvalue weighted by atomic mass is 9.96. The van der Waals surface area contributed by atoms with Gasteiger partial charge in [0.1, 0.15) is 5.52 Å². The van der Waals surface area contributed by atoms with Crippen molar-refractivity contribution >= 4 is 22.6 Å². The molecule has 0 spiro atoms. The molecule has 0 bridgehead atoms. The molecule has 164 valence electrons. The SMILES string of the molecule is COCCNC(=O)C1CCN(c2nnc(C)c3c(C)n(-c4ccc(C)cc4)nc23)CC1. The van der Waals surface area contributed by atoms with Crippen molar-refractivity contribution < 1.29 is 9.53 Å². The van der Waals surface area contributed by atoms with E-state index < -0.39 is 0 Å². The molecule has 1 aliphatic rings. The summed E-state index contributed by atoms with van der Waals surface area (Å²) in [7, 11) is 1.63. The third-order valence-electron chi connectivity index (χ3n) is 6.03. The standard InChI is InChI=1S/C23H30N6O2/c1-15-5-7-19(8-6-15)29-17(3)20-16(2)25-26-22(21(20)27-29)28-12-9-18(10-13-28)23(30)24-11-14-31-4/h5-8,18H,9-14H2,1-4H3,(H,24,30). The molecular formula is C23H30N6O2. The number of carbonyl (C=O) groups is 1. The van der Waals surface area contributed by atoms with Gasteiger partial charge in [0, 0.05) is 32.7 Å². The molecule has 1 saturated heterocycles. The fourth-order valence-corrected chi connectivity index (χ4v) is 4.24. The van der Waals surface area contributed by atoms with Gasteiger partial charge < -0.3 is 15.0 Å². The van der Waals surface area contributed by atoms with Gasteiger partial charge in [0.05, 0.1) is 29.1 Å². The summed E-state index contributed by atoms with van der Waals surface area (Å²) in [6.07, 6.45) is 1.57. The average molecular weight is 423 g/mol. The Morgan fingerprint density at radius 2 is 1.84 bits per heavy atom. The first-order valence-electron chi connectivity index (χ1n) is 10.8. The first kappa shape index (κ1) is 21.2. The van der Waals surface area contributed by atoms with E-state index in [1.165, 1.54) is 5.56 Å². The van der Waals surface area contributed by atoms with Gasteiger partial charge in [0.25, 0.3) is 0 Å². The van der Waals surface area contributed by atoms with Crippen LogP contribution in [0.1, 0.15) is 29.8 Å². The quantitative estimate of drug-likeness (QED) is 0.615. The van der Waals surface area contributed by atoms with Crippen molar-refractivity contribution in [3.63, 3.8) is 0 Å². The van der Waals surface area contributed by atoms with Gasteiger partial charge in [0.2, 0.25) is 5.91 Å². The molecule has 1 aromatic carbocycles. The number of aromatic nitrogens is 4. The Morgan fingerprint density at radius 3 is 2.52 bits per heavy atom. The molecule has 2 aromatic heterocycles. The number of benzene rings is 1. The molecule has 8 nitrogen and oxygen atoms in total. The largest absolute Gasteiger partial charge is 0.383 e. The number of hydrogen-bond acceptors (Lipinski definition) is 6. The lowest BCUT2D eigenvalue weighted by Gasteiger charge is -2.31. The molecule has 1 aliphatic heterocycles. The van der Waals surface area contributed by atoms with Crippen molar-refractivity contribution in [2.75, 3.05) is 38.3 Å². The second kappa shape index (κ2) is 9.01. The first-order chi connectivity index (χ1) is 15.0. The number of ether oxygens (including phenoxy) is 1. The van der Waals surface area contributed by atoms with Crippen LogP contribution in [0, 0.1) is 26.7 Å². The predicted molar refractivity (Wildman–Crippen MR) is 121 cm³/mol. The van der Waals surface area contributed by atoms with Crippen LogP contribution in [-0.2, 0) is 9.53 Å². The van der Waals surface area contributed by atoms with Gasteiger partial charge in [-0.1, -0.05) is 17.7 Å². The summed E-state index contributed by atoms with van der Waals surface area (Å²) in [6, 6.07) is 8.34. The van der Waals surface area contributed by atoms with Crippen LogP contribution >= 0.6 is 0 Å². The highest BCUT2D eigenvalue weighted by molar-refractivity contribution is 5.92. The molecule has 1 fully saturated rings. The monoisotopic (exact) mass is 422 g/mol. The van der Waals surface area contributed by atoms with Crippen LogP contribution in [0.15, 0.2) is 24.3 Å². The molecule has 0 unspecified atom stereocenters. The highest BCUT2D eigenvalue weighted by Gasteiger charge is 2.28. The third kappa shape index (κ3) is 4.25. The maximum atomic E-state index is 12.4. The van der Waals surface area contributed by atoms with Gasteiger partial charge in [-0.05, 0) is 45.7 Å². The second-order valence-corrected chi connectivity index (χ2v) is 8.21. The van der Waals surface area contributed by atoms with Crippen LogP contribution in [0.2, 0.25) is 0 Å². The van der Waals surface area contributed by atoms with Crippen molar-refractivity contribution in [3.05, 3.63) is 41.2 Å². The minimum Gasteiger partial charge on any atom is -0.383 e. The van der Waals surface area contributed by atoms with E-state index in [4.69, 9.17) is 9.84 Å². The van der Waals surface area contributed by atoms with Crippen LogP contribution < -0.4 is 10.2 Å². The lowest BCUT2D eigenvalue weighted by molar-refractivity contribution is -0.125. The maximum Gasteiger partial charge on any atom is 0.223 e. The van der Waals surface area contributed by atoms with Crippen molar-refractivity contribution in [2.45, 2.75) is 33.6 Å². The van der Waals surface area contributed by atoms with Crippen molar-refractivity contribution in [1.82, 2.24) is 25.3 Å². The summed E-state index contributed by atoms with van der Waals surface area (Å²) < 4.78 is 6.98. The average Bonchev–Trinajstić information content (AvgIpc) is 3.13. The Morgan fingerprint density at radius 1 is 1.13 bits per heavy atom.